The summed E-state index contributed by atoms with van der Waals surface area (Å²) in [5, 5.41) is 14.0. The summed E-state index contributed by atoms with van der Waals surface area (Å²) in [5.41, 5.74) is 0.0832. The second-order valence-corrected chi connectivity index (χ2v) is 9.61. The fraction of sp³-hybridized carbons (Fsp3) is 0.333. The minimum absolute atomic E-state index is 0.0169. The van der Waals surface area contributed by atoms with Gasteiger partial charge in [0.2, 0.25) is 5.88 Å². The zero-order valence-electron chi connectivity index (χ0n) is 24.1. The maximum atomic E-state index is 14.3. The maximum Gasteiger partial charge on any atom is 0.433 e. The van der Waals surface area contributed by atoms with E-state index in [-0.39, 0.29) is 35.1 Å². The van der Waals surface area contributed by atoms with Crippen LogP contribution in [-0.4, -0.2) is 87.4 Å². The summed E-state index contributed by atoms with van der Waals surface area (Å²) in [7, 11) is 3.02. The Bertz CT molecular complexity index is 1550. The van der Waals surface area contributed by atoms with E-state index in [2.05, 4.69) is 28.2 Å². The molecule has 0 aliphatic carbocycles. The summed E-state index contributed by atoms with van der Waals surface area (Å²) < 4.78 is 53.7. The van der Waals surface area contributed by atoms with Gasteiger partial charge in [-0.05, 0) is 36.8 Å². The van der Waals surface area contributed by atoms with Crippen LogP contribution < -0.4 is 9.47 Å². The number of hydrogen-bond acceptors (Lipinski definition) is 8. The summed E-state index contributed by atoms with van der Waals surface area (Å²) >= 11 is 0. The van der Waals surface area contributed by atoms with Crippen molar-refractivity contribution < 1.29 is 32.5 Å². The monoisotopic (exact) mass is 598 g/mol. The minimum atomic E-state index is -4.74. The molecule has 13 heteroatoms. The van der Waals surface area contributed by atoms with E-state index in [9.17, 15) is 23.1 Å². The van der Waals surface area contributed by atoms with Gasteiger partial charge in [0.1, 0.15) is 11.3 Å². The Morgan fingerprint density at radius 1 is 1.02 bits per heavy atom. The van der Waals surface area contributed by atoms with E-state index in [1.54, 1.807) is 41.4 Å². The summed E-state index contributed by atoms with van der Waals surface area (Å²) in [6.45, 7) is 8.69. The number of hydrogen-bond donors (Lipinski definition) is 1. The Morgan fingerprint density at radius 2 is 1.70 bits per heavy atom. The number of carbonyl (C=O) groups excluding carboxylic acids is 1. The molecular weight excluding hydrogens is 565 g/mol. The Hall–Kier alpha value is -4.49. The fourth-order valence-corrected chi connectivity index (χ4v) is 5.14. The number of pyridine rings is 1. The van der Waals surface area contributed by atoms with Crippen molar-refractivity contribution in [3.8, 4) is 22.9 Å². The molecule has 0 spiro atoms. The molecule has 1 fully saturated rings. The first kappa shape index (κ1) is 31.4. The highest BCUT2D eigenvalue weighted by Gasteiger charge is 2.39. The van der Waals surface area contributed by atoms with Crippen LogP contribution in [0.1, 0.15) is 33.2 Å². The van der Waals surface area contributed by atoms with Gasteiger partial charge in [0, 0.05) is 49.6 Å². The molecule has 43 heavy (non-hydrogen) atoms. The molecule has 1 atom stereocenters. The third-order valence-corrected chi connectivity index (χ3v) is 7.31. The normalized spacial score (nSPS) is 14.6. The van der Waals surface area contributed by atoms with Gasteiger partial charge in [0.05, 0.1) is 38.8 Å². The number of alkyl halides is 3. The molecule has 1 amide bonds. The van der Waals surface area contributed by atoms with Crippen molar-refractivity contribution in [1.29, 1.82) is 0 Å². The quantitative estimate of drug-likeness (QED) is 0.312. The van der Waals surface area contributed by atoms with Crippen molar-refractivity contribution in [2.75, 3.05) is 47.0 Å². The Kier molecular flexibility index (Phi) is 9.66. The van der Waals surface area contributed by atoms with E-state index in [1.807, 2.05) is 11.0 Å². The number of methoxy groups -OCH3 is 2. The first-order chi connectivity index (χ1) is 20.7. The van der Waals surface area contributed by atoms with E-state index >= 15 is 0 Å². The van der Waals surface area contributed by atoms with Crippen molar-refractivity contribution in [1.82, 2.24) is 29.4 Å². The number of halogens is 3. The largest absolute Gasteiger partial charge is 0.497 e. The number of aliphatic hydroxyl groups is 1. The molecule has 1 aromatic carbocycles. The summed E-state index contributed by atoms with van der Waals surface area (Å²) in [6.07, 6.45) is -1.95. The van der Waals surface area contributed by atoms with Crippen molar-refractivity contribution in [3.63, 3.8) is 0 Å². The van der Waals surface area contributed by atoms with Crippen LogP contribution in [0.15, 0.2) is 61.9 Å². The van der Waals surface area contributed by atoms with Crippen LogP contribution in [0, 0.1) is 6.92 Å². The highest BCUT2D eigenvalue weighted by Crippen LogP contribution is 2.37. The van der Waals surface area contributed by atoms with E-state index in [0.717, 1.165) is 11.8 Å². The summed E-state index contributed by atoms with van der Waals surface area (Å²) in [6, 6.07) is 9.74. The molecule has 1 aliphatic rings. The van der Waals surface area contributed by atoms with Gasteiger partial charge in [-0.1, -0.05) is 6.07 Å². The second-order valence-electron chi connectivity index (χ2n) is 9.61. The molecule has 0 bridgehead atoms. The number of piperazine rings is 1. The van der Waals surface area contributed by atoms with Gasteiger partial charge in [-0.3, -0.25) is 9.69 Å². The first-order valence-electron chi connectivity index (χ1n) is 13.4. The number of ether oxygens (including phenoxy) is 2. The highest BCUT2D eigenvalue weighted by atomic mass is 19.4. The SMILES string of the molecule is C=C.COc1ccc(-c2nc3c(C(=O)N4CCN([C@@H](CO)c5ccc(OC)nc5)CC4)cnn3c(C(F)(F)F)c2C)cc1. The molecule has 1 aliphatic heterocycles. The number of carbonyl (C=O) groups is 1. The standard InChI is InChI=1S/C28H29F3N6O4.C2H4/c1-17-24(18-4-7-20(40-2)8-5-18)34-26-21(15-33-37(26)25(17)28(29,30)31)27(39)36-12-10-35(11-13-36)22(16-38)19-6-9-23(41-3)32-14-19;1-2/h4-9,14-15,22,38H,10-13,16H2,1-3H3;1-2H2/t22-;/m0./s1. The van der Waals surface area contributed by atoms with Crippen molar-refractivity contribution in [2.45, 2.75) is 19.1 Å². The van der Waals surface area contributed by atoms with Crippen LogP contribution in [0.25, 0.3) is 16.9 Å². The molecule has 3 aromatic heterocycles. The topological polar surface area (TPSA) is 105 Å². The molecule has 228 valence electrons. The van der Waals surface area contributed by atoms with Gasteiger partial charge in [-0.15, -0.1) is 13.2 Å². The van der Waals surface area contributed by atoms with Crippen LogP contribution in [0.3, 0.4) is 0 Å². The molecule has 4 heterocycles. The molecule has 0 saturated carbocycles. The van der Waals surface area contributed by atoms with Gasteiger partial charge in [-0.25, -0.2) is 14.5 Å². The smallest absolute Gasteiger partial charge is 0.433 e. The van der Waals surface area contributed by atoms with E-state index in [1.165, 1.54) is 21.1 Å². The molecule has 5 rings (SSSR count). The van der Waals surface area contributed by atoms with Gasteiger partial charge >= 0.3 is 6.18 Å². The van der Waals surface area contributed by atoms with E-state index in [0.29, 0.717) is 47.9 Å². The zero-order chi connectivity index (χ0) is 31.3. The van der Waals surface area contributed by atoms with Crippen LogP contribution in [-0.2, 0) is 6.18 Å². The second kappa shape index (κ2) is 13.2. The lowest BCUT2D eigenvalue weighted by Gasteiger charge is -2.38. The molecule has 1 saturated heterocycles. The Labute approximate surface area is 247 Å². The first-order valence-corrected chi connectivity index (χ1v) is 13.4. The average Bonchev–Trinajstić information content (AvgIpc) is 3.45. The number of nitrogens with zero attached hydrogens (tertiary/aromatic N) is 6. The highest BCUT2D eigenvalue weighted by molar-refractivity contribution is 6.00. The number of aromatic nitrogens is 4. The lowest BCUT2D eigenvalue weighted by atomic mass is 10.0. The van der Waals surface area contributed by atoms with Gasteiger partial charge < -0.3 is 19.5 Å². The predicted molar refractivity (Wildman–Crippen MR) is 154 cm³/mol. The molecule has 10 nitrogen and oxygen atoms in total. The van der Waals surface area contributed by atoms with Crippen LogP contribution >= 0.6 is 0 Å². The van der Waals surface area contributed by atoms with Crippen LogP contribution in [0.2, 0.25) is 0 Å². The van der Waals surface area contributed by atoms with E-state index in [4.69, 9.17) is 9.47 Å². The Morgan fingerprint density at radius 3 is 2.23 bits per heavy atom. The molecule has 1 N–H and O–H groups in total. The van der Waals surface area contributed by atoms with Crippen LogP contribution in [0.5, 0.6) is 11.6 Å². The van der Waals surface area contributed by atoms with Crippen LogP contribution in [0.4, 0.5) is 13.2 Å². The summed E-state index contributed by atoms with van der Waals surface area (Å²) in [5.74, 6) is 0.549. The minimum Gasteiger partial charge on any atom is -0.497 e. The van der Waals surface area contributed by atoms with Gasteiger partial charge in [0.15, 0.2) is 11.3 Å². The van der Waals surface area contributed by atoms with E-state index < -0.39 is 17.8 Å². The van der Waals surface area contributed by atoms with Crippen molar-refractivity contribution in [3.05, 3.63) is 84.3 Å². The lowest BCUT2D eigenvalue weighted by molar-refractivity contribution is -0.143. The molecule has 0 radical (unpaired) electrons. The lowest BCUT2D eigenvalue weighted by Crippen LogP contribution is -2.50. The third kappa shape index (κ3) is 6.32. The fourth-order valence-electron chi connectivity index (χ4n) is 5.14. The van der Waals surface area contributed by atoms with Crippen molar-refractivity contribution >= 4 is 11.6 Å². The number of rotatable bonds is 7. The number of amides is 1. The predicted octanol–water partition coefficient (Wildman–Crippen LogP) is 4.43. The summed E-state index contributed by atoms with van der Waals surface area (Å²) in [4.78, 5) is 25.9. The zero-order valence-corrected chi connectivity index (χ0v) is 24.1. The molecule has 4 aromatic rings. The molecule has 0 unspecified atom stereocenters. The molecular formula is C30H33F3N6O4. The maximum absolute atomic E-state index is 14.3. The van der Waals surface area contributed by atoms with Gasteiger partial charge in [0.25, 0.3) is 5.91 Å². The van der Waals surface area contributed by atoms with Crippen molar-refractivity contribution in [2.24, 2.45) is 0 Å². The number of fused-ring (bicyclic) bond motifs is 1. The van der Waals surface area contributed by atoms with Gasteiger partial charge in [-0.2, -0.15) is 18.3 Å². The number of benzene rings is 1. The number of aliphatic hydroxyl groups excluding tert-OH is 1. The average molecular weight is 599 g/mol. The Balaban J connectivity index is 0.00000207. The third-order valence-electron chi connectivity index (χ3n) is 7.31.